The van der Waals surface area contributed by atoms with Gasteiger partial charge in [0, 0.05) is 5.39 Å². The molecule has 0 saturated heterocycles. The van der Waals surface area contributed by atoms with Crippen LogP contribution in [0.4, 0.5) is 0 Å². The van der Waals surface area contributed by atoms with Crippen molar-refractivity contribution in [3.8, 4) is 0 Å². The average Bonchev–Trinajstić information content (AvgIpc) is 3.02. The molecule has 6 heteroatoms. The van der Waals surface area contributed by atoms with E-state index in [0.717, 1.165) is 16.5 Å². The van der Waals surface area contributed by atoms with Crippen molar-refractivity contribution in [1.29, 1.82) is 0 Å². The summed E-state index contributed by atoms with van der Waals surface area (Å²) in [4.78, 5) is 12.6. The molecule has 0 aliphatic carbocycles. The highest BCUT2D eigenvalue weighted by Gasteiger charge is 2.12. The Morgan fingerprint density at radius 1 is 0.952 bits per heavy atom. The summed E-state index contributed by atoms with van der Waals surface area (Å²) in [5, 5.41) is 12.2. The van der Waals surface area contributed by atoms with Crippen molar-refractivity contribution < 1.29 is 0 Å². The van der Waals surface area contributed by atoms with Gasteiger partial charge in [-0.05, 0) is 28.1 Å². The summed E-state index contributed by atoms with van der Waals surface area (Å²) in [6.07, 6.45) is 0. The van der Waals surface area contributed by atoms with Crippen molar-refractivity contribution in [2.75, 3.05) is 0 Å². The second-order valence-electron chi connectivity index (χ2n) is 4.79. The fourth-order valence-corrected chi connectivity index (χ4v) is 2.52. The van der Waals surface area contributed by atoms with Crippen LogP contribution in [0.3, 0.4) is 0 Å². The summed E-state index contributed by atoms with van der Waals surface area (Å²) in [6.45, 7) is 0.482. The summed E-state index contributed by atoms with van der Waals surface area (Å²) < 4.78 is 2.93. The number of aromatic nitrogens is 5. The SMILES string of the molecule is O=c1n(Cc2ccccc2)c2ccccc2c2nnnn12. The number of nitrogens with zero attached hydrogens (tertiary/aromatic N) is 5. The van der Waals surface area contributed by atoms with Gasteiger partial charge in [-0.25, -0.2) is 4.79 Å². The van der Waals surface area contributed by atoms with Crippen LogP contribution in [-0.2, 0) is 6.54 Å². The lowest BCUT2D eigenvalue weighted by atomic mass is 10.2. The number of benzene rings is 2. The number of para-hydroxylation sites is 1. The Bertz CT molecular complexity index is 987. The van der Waals surface area contributed by atoms with Crippen LogP contribution in [-0.4, -0.2) is 24.6 Å². The van der Waals surface area contributed by atoms with Crippen molar-refractivity contribution in [1.82, 2.24) is 24.6 Å². The van der Waals surface area contributed by atoms with Crippen LogP contribution >= 0.6 is 0 Å². The number of hydrogen-bond acceptors (Lipinski definition) is 4. The molecule has 4 rings (SSSR count). The Hall–Kier alpha value is -3.02. The highest BCUT2D eigenvalue weighted by molar-refractivity contribution is 5.90. The Kier molecular flexibility index (Phi) is 2.53. The Morgan fingerprint density at radius 2 is 1.71 bits per heavy atom. The highest BCUT2D eigenvalue weighted by Crippen LogP contribution is 2.16. The zero-order valence-corrected chi connectivity index (χ0v) is 11.0. The Morgan fingerprint density at radius 3 is 2.57 bits per heavy atom. The monoisotopic (exact) mass is 277 g/mol. The number of rotatable bonds is 2. The van der Waals surface area contributed by atoms with E-state index in [2.05, 4.69) is 15.5 Å². The van der Waals surface area contributed by atoms with E-state index >= 15 is 0 Å². The molecular weight excluding hydrogens is 266 g/mol. The van der Waals surface area contributed by atoms with Gasteiger partial charge in [0.15, 0.2) is 5.65 Å². The van der Waals surface area contributed by atoms with Crippen LogP contribution in [0.2, 0.25) is 0 Å². The predicted molar refractivity (Wildman–Crippen MR) is 78.1 cm³/mol. The molecule has 0 fully saturated rings. The van der Waals surface area contributed by atoms with E-state index < -0.39 is 0 Å². The van der Waals surface area contributed by atoms with Crippen molar-refractivity contribution in [2.24, 2.45) is 0 Å². The van der Waals surface area contributed by atoms with Crippen LogP contribution in [0.1, 0.15) is 5.56 Å². The van der Waals surface area contributed by atoms with Gasteiger partial charge in [-0.15, -0.1) is 9.61 Å². The standard InChI is InChI=1S/C15H11N5O/c21-15-19(10-11-6-2-1-3-7-11)13-9-5-4-8-12(13)14-16-17-18-20(14)15/h1-9H,10H2. The zero-order chi connectivity index (χ0) is 14.2. The van der Waals surface area contributed by atoms with Gasteiger partial charge in [0.2, 0.25) is 0 Å². The van der Waals surface area contributed by atoms with Crippen LogP contribution in [0, 0.1) is 0 Å². The molecule has 0 saturated carbocycles. The van der Waals surface area contributed by atoms with Crippen molar-refractivity contribution >= 4 is 16.6 Å². The summed E-state index contributed by atoms with van der Waals surface area (Å²) >= 11 is 0. The van der Waals surface area contributed by atoms with Crippen molar-refractivity contribution in [3.05, 3.63) is 70.6 Å². The largest absolute Gasteiger partial charge is 0.352 e. The van der Waals surface area contributed by atoms with E-state index in [9.17, 15) is 4.79 Å². The van der Waals surface area contributed by atoms with Gasteiger partial charge in [0.1, 0.15) is 0 Å². The highest BCUT2D eigenvalue weighted by atomic mass is 16.2. The van der Waals surface area contributed by atoms with Crippen molar-refractivity contribution in [3.63, 3.8) is 0 Å². The molecule has 2 aromatic carbocycles. The molecule has 0 spiro atoms. The molecule has 0 bridgehead atoms. The number of hydrogen-bond donors (Lipinski definition) is 0. The lowest BCUT2D eigenvalue weighted by molar-refractivity contribution is 0.694. The van der Waals surface area contributed by atoms with E-state index in [4.69, 9.17) is 0 Å². The minimum absolute atomic E-state index is 0.238. The molecule has 0 N–H and O–H groups in total. The molecule has 4 aromatic rings. The van der Waals surface area contributed by atoms with Crippen LogP contribution in [0.25, 0.3) is 16.6 Å². The average molecular weight is 277 g/mol. The van der Waals surface area contributed by atoms with E-state index in [1.165, 1.54) is 4.52 Å². The first kappa shape index (κ1) is 11.8. The maximum Gasteiger partial charge on any atom is 0.352 e. The molecule has 0 aliphatic rings. The molecule has 0 amide bonds. The predicted octanol–water partition coefficient (Wildman–Crippen LogP) is 1.49. The van der Waals surface area contributed by atoms with Crippen molar-refractivity contribution in [2.45, 2.75) is 6.54 Å². The number of tetrazole rings is 1. The Balaban J connectivity index is 2.06. The van der Waals surface area contributed by atoms with Gasteiger partial charge in [-0.1, -0.05) is 42.5 Å². The summed E-state index contributed by atoms with van der Waals surface area (Å²) in [5.41, 5.74) is 2.13. The van der Waals surface area contributed by atoms with Gasteiger partial charge >= 0.3 is 5.69 Å². The molecule has 0 unspecified atom stereocenters. The van der Waals surface area contributed by atoms with E-state index in [-0.39, 0.29) is 5.69 Å². The topological polar surface area (TPSA) is 65.1 Å². The first-order valence-corrected chi connectivity index (χ1v) is 6.58. The summed E-state index contributed by atoms with van der Waals surface area (Å²) in [6, 6.07) is 17.5. The first-order chi connectivity index (χ1) is 10.3. The third-order valence-corrected chi connectivity index (χ3v) is 3.50. The molecule has 0 radical (unpaired) electrons. The fourth-order valence-electron chi connectivity index (χ4n) is 2.52. The van der Waals surface area contributed by atoms with Gasteiger partial charge in [-0.3, -0.25) is 4.57 Å². The van der Waals surface area contributed by atoms with Gasteiger partial charge < -0.3 is 0 Å². The normalized spacial score (nSPS) is 11.2. The zero-order valence-electron chi connectivity index (χ0n) is 11.0. The maximum atomic E-state index is 12.6. The van der Waals surface area contributed by atoms with Gasteiger partial charge in [-0.2, -0.15) is 0 Å². The minimum Gasteiger partial charge on any atom is -0.287 e. The minimum atomic E-state index is -0.238. The van der Waals surface area contributed by atoms with Crippen LogP contribution < -0.4 is 5.69 Å². The number of fused-ring (bicyclic) bond motifs is 3. The molecular formula is C15H11N5O. The summed E-state index contributed by atoms with van der Waals surface area (Å²) in [5.74, 6) is 0. The lowest BCUT2D eigenvalue weighted by Crippen LogP contribution is -2.28. The fraction of sp³-hybridized carbons (Fsp3) is 0.0667. The molecule has 102 valence electrons. The molecule has 2 aromatic heterocycles. The van der Waals surface area contributed by atoms with Gasteiger partial charge in [0.25, 0.3) is 0 Å². The van der Waals surface area contributed by atoms with E-state index in [1.54, 1.807) is 4.57 Å². The quantitative estimate of drug-likeness (QED) is 0.557. The second kappa shape index (κ2) is 4.52. The first-order valence-electron chi connectivity index (χ1n) is 6.58. The molecule has 0 aliphatic heterocycles. The smallest absolute Gasteiger partial charge is 0.287 e. The van der Waals surface area contributed by atoms with Crippen LogP contribution in [0.15, 0.2) is 59.4 Å². The summed E-state index contributed by atoms with van der Waals surface area (Å²) in [7, 11) is 0. The van der Waals surface area contributed by atoms with Crippen LogP contribution in [0.5, 0.6) is 0 Å². The van der Waals surface area contributed by atoms with E-state index in [1.807, 2.05) is 54.6 Å². The molecule has 21 heavy (non-hydrogen) atoms. The maximum absolute atomic E-state index is 12.6. The second-order valence-corrected chi connectivity index (χ2v) is 4.79. The third kappa shape index (κ3) is 1.80. The van der Waals surface area contributed by atoms with Gasteiger partial charge in [0.05, 0.1) is 12.1 Å². The molecule has 6 nitrogen and oxygen atoms in total. The molecule has 0 atom stereocenters. The third-order valence-electron chi connectivity index (χ3n) is 3.50. The Labute approximate surface area is 119 Å². The lowest BCUT2D eigenvalue weighted by Gasteiger charge is -2.10. The van der Waals surface area contributed by atoms with E-state index in [0.29, 0.717) is 12.2 Å². The molecule has 2 heterocycles.